The SMILES string of the molecule is CC(C)(C(=O)O)C(O)c1cc(F)c(F)c(F)c1. The molecule has 0 heterocycles. The van der Waals surface area contributed by atoms with Crippen molar-refractivity contribution in [1.29, 1.82) is 0 Å². The first-order chi connectivity index (χ1) is 7.67. The van der Waals surface area contributed by atoms with E-state index >= 15 is 0 Å². The van der Waals surface area contributed by atoms with Crippen LogP contribution in [0.4, 0.5) is 13.2 Å². The van der Waals surface area contributed by atoms with E-state index < -0.39 is 34.9 Å². The smallest absolute Gasteiger partial charge is 0.312 e. The van der Waals surface area contributed by atoms with Crippen LogP contribution in [0.25, 0.3) is 0 Å². The van der Waals surface area contributed by atoms with Gasteiger partial charge in [0.1, 0.15) is 0 Å². The molecule has 94 valence electrons. The van der Waals surface area contributed by atoms with Crippen molar-refractivity contribution < 1.29 is 28.2 Å². The Labute approximate surface area is 95.5 Å². The van der Waals surface area contributed by atoms with Crippen molar-refractivity contribution in [2.75, 3.05) is 0 Å². The van der Waals surface area contributed by atoms with Gasteiger partial charge in [-0.1, -0.05) is 0 Å². The number of benzene rings is 1. The van der Waals surface area contributed by atoms with E-state index in [0.717, 1.165) is 0 Å². The number of aliphatic hydroxyl groups excluding tert-OH is 1. The Morgan fingerprint density at radius 3 is 2.00 bits per heavy atom. The largest absolute Gasteiger partial charge is 0.481 e. The summed E-state index contributed by atoms with van der Waals surface area (Å²) in [6.07, 6.45) is -1.65. The number of aliphatic hydroxyl groups is 1. The lowest BCUT2D eigenvalue weighted by molar-refractivity contribution is -0.153. The molecule has 0 radical (unpaired) electrons. The van der Waals surface area contributed by atoms with E-state index in [-0.39, 0.29) is 5.56 Å². The Balaban J connectivity index is 3.22. The van der Waals surface area contributed by atoms with Crippen LogP contribution >= 0.6 is 0 Å². The summed E-state index contributed by atoms with van der Waals surface area (Å²) in [7, 11) is 0. The third-order valence-corrected chi connectivity index (χ3v) is 2.56. The molecule has 0 fully saturated rings. The summed E-state index contributed by atoms with van der Waals surface area (Å²) < 4.78 is 38.5. The van der Waals surface area contributed by atoms with Gasteiger partial charge in [-0.05, 0) is 31.5 Å². The van der Waals surface area contributed by atoms with Gasteiger partial charge in [0.2, 0.25) is 0 Å². The Kier molecular flexibility index (Phi) is 3.47. The van der Waals surface area contributed by atoms with Crippen LogP contribution in [0.3, 0.4) is 0 Å². The van der Waals surface area contributed by atoms with Crippen LogP contribution in [0, 0.1) is 22.9 Å². The molecule has 6 heteroatoms. The lowest BCUT2D eigenvalue weighted by Crippen LogP contribution is -2.31. The van der Waals surface area contributed by atoms with Crippen molar-refractivity contribution in [2.45, 2.75) is 20.0 Å². The molecule has 0 spiro atoms. The van der Waals surface area contributed by atoms with Gasteiger partial charge in [0, 0.05) is 0 Å². The highest BCUT2D eigenvalue weighted by Crippen LogP contribution is 2.34. The van der Waals surface area contributed by atoms with Crippen LogP contribution in [-0.2, 0) is 4.79 Å². The minimum atomic E-state index is -1.66. The number of halogens is 3. The number of aliphatic carboxylic acids is 1. The van der Waals surface area contributed by atoms with Gasteiger partial charge in [-0.3, -0.25) is 4.79 Å². The van der Waals surface area contributed by atoms with Gasteiger partial charge in [0.25, 0.3) is 0 Å². The highest BCUT2D eigenvalue weighted by Gasteiger charge is 2.37. The van der Waals surface area contributed by atoms with E-state index in [0.29, 0.717) is 12.1 Å². The third kappa shape index (κ3) is 2.41. The Morgan fingerprint density at radius 2 is 1.65 bits per heavy atom. The Morgan fingerprint density at radius 1 is 1.24 bits per heavy atom. The first kappa shape index (κ1) is 13.5. The normalized spacial score (nSPS) is 13.5. The second-order valence-electron chi connectivity index (χ2n) is 4.23. The molecule has 1 unspecified atom stereocenters. The van der Waals surface area contributed by atoms with Crippen LogP contribution in [0.15, 0.2) is 12.1 Å². The summed E-state index contributed by atoms with van der Waals surface area (Å²) in [4.78, 5) is 10.9. The van der Waals surface area contributed by atoms with Gasteiger partial charge in [-0.2, -0.15) is 0 Å². The molecular formula is C11H11F3O3. The van der Waals surface area contributed by atoms with E-state index in [1.54, 1.807) is 0 Å². The Bertz CT molecular complexity index is 434. The predicted molar refractivity (Wildman–Crippen MR) is 52.7 cm³/mol. The highest BCUT2D eigenvalue weighted by molar-refractivity contribution is 5.74. The zero-order chi connectivity index (χ0) is 13.4. The average molecular weight is 248 g/mol. The maximum absolute atomic E-state index is 12.9. The van der Waals surface area contributed by atoms with Crippen LogP contribution in [0.5, 0.6) is 0 Å². The second-order valence-corrected chi connectivity index (χ2v) is 4.23. The number of carboxylic acid groups (broad SMARTS) is 1. The molecule has 3 nitrogen and oxygen atoms in total. The number of carbonyl (C=O) groups is 1. The monoisotopic (exact) mass is 248 g/mol. The molecule has 0 aliphatic heterocycles. The van der Waals surface area contributed by atoms with Gasteiger partial charge in [-0.25, -0.2) is 13.2 Å². The fourth-order valence-electron chi connectivity index (χ4n) is 1.27. The minimum absolute atomic E-state index is 0.325. The topological polar surface area (TPSA) is 57.5 Å². The summed E-state index contributed by atoms with van der Waals surface area (Å²) in [6, 6.07) is 1.15. The van der Waals surface area contributed by atoms with Crippen molar-refractivity contribution in [3.63, 3.8) is 0 Å². The molecule has 0 bridgehead atoms. The molecule has 0 amide bonds. The number of hydrogen-bond acceptors (Lipinski definition) is 2. The molecule has 0 aromatic heterocycles. The summed E-state index contributed by atoms with van der Waals surface area (Å²) >= 11 is 0. The first-order valence-electron chi connectivity index (χ1n) is 4.73. The van der Waals surface area contributed by atoms with Gasteiger partial charge in [-0.15, -0.1) is 0 Å². The molecule has 1 aromatic carbocycles. The van der Waals surface area contributed by atoms with Crippen molar-refractivity contribution in [3.05, 3.63) is 35.1 Å². The zero-order valence-corrected chi connectivity index (χ0v) is 9.17. The van der Waals surface area contributed by atoms with Crippen molar-refractivity contribution in [2.24, 2.45) is 5.41 Å². The molecule has 17 heavy (non-hydrogen) atoms. The highest BCUT2D eigenvalue weighted by atomic mass is 19.2. The quantitative estimate of drug-likeness (QED) is 0.806. The van der Waals surface area contributed by atoms with Gasteiger partial charge >= 0.3 is 5.97 Å². The van der Waals surface area contributed by atoms with E-state index in [2.05, 4.69) is 0 Å². The second kappa shape index (κ2) is 4.37. The van der Waals surface area contributed by atoms with Gasteiger partial charge in [0.15, 0.2) is 17.5 Å². The lowest BCUT2D eigenvalue weighted by Gasteiger charge is -2.26. The zero-order valence-electron chi connectivity index (χ0n) is 9.17. The molecule has 0 aliphatic carbocycles. The molecule has 2 N–H and O–H groups in total. The van der Waals surface area contributed by atoms with Crippen LogP contribution < -0.4 is 0 Å². The lowest BCUT2D eigenvalue weighted by atomic mass is 9.83. The van der Waals surface area contributed by atoms with Crippen LogP contribution in [0.2, 0.25) is 0 Å². The van der Waals surface area contributed by atoms with Crippen molar-refractivity contribution >= 4 is 5.97 Å². The van der Waals surface area contributed by atoms with Crippen molar-refractivity contribution in [1.82, 2.24) is 0 Å². The summed E-state index contributed by atoms with van der Waals surface area (Å²) in [6.45, 7) is 2.39. The maximum Gasteiger partial charge on any atom is 0.312 e. The van der Waals surface area contributed by atoms with E-state index in [1.807, 2.05) is 0 Å². The first-order valence-corrected chi connectivity index (χ1v) is 4.73. The predicted octanol–water partition coefficient (Wildman–Crippen LogP) is 2.25. The molecule has 0 aliphatic rings. The van der Waals surface area contributed by atoms with Gasteiger partial charge in [0.05, 0.1) is 11.5 Å². The van der Waals surface area contributed by atoms with E-state index in [9.17, 15) is 23.1 Å². The Hall–Kier alpha value is -1.56. The summed E-state index contributed by atoms with van der Waals surface area (Å²) in [5.41, 5.74) is -1.97. The van der Waals surface area contributed by atoms with E-state index in [4.69, 9.17) is 5.11 Å². The standard InChI is InChI=1S/C11H11F3O3/c1-11(2,10(16)17)9(15)5-3-6(12)8(14)7(13)4-5/h3-4,9,15H,1-2H3,(H,16,17). The van der Waals surface area contributed by atoms with Crippen LogP contribution in [-0.4, -0.2) is 16.2 Å². The number of hydrogen-bond donors (Lipinski definition) is 2. The summed E-state index contributed by atoms with van der Waals surface area (Å²) in [5, 5.41) is 18.6. The molecule has 0 saturated carbocycles. The number of carboxylic acids is 1. The fraction of sp³-hybridized carbons (Fsp3) is 0.364. The van der Waals surface area contributed by atoms with E-state index in [1.165, 1.54) is 13.8 Å². The van der Waals surface area contributed by atoms with Crippen LogP contribution in [0.1, 0.15) is 25.5 Å². The fourth-order valence-corrected chi connectivity index (χ4v) is 1.27. The third-order valence-electron chi connectivity index (χ3n) is 2.56. The molecular weight excluding hydrogens is 237 g/mol. The molecule has 1 atom stereocenters. The average Bonchev–Trinajstić information content (AvgIpc) is 2.23. The summed E-state index contributed by atoms with van der Waals surface area (Å²) in [5.74, 6) is -5.94. The minimum Gasteiger partial charge on any atom is -0.481 e. The number of rotatable bonds is 3. The molecule has 1 rings (SSSR count). The molecule has 0 saturated heterocycles. The molecule has 1 aromatic rings. The van der Waals surface area contributed by atoms with Gasteiger partial charge < -0.3 is 10.2 Å². The maximum atomic E-state index is 12.9. The van der Waals surface area contributed by atoms with Crippen molar-refractivity contribution in [3.8, 4) is 0 Å².